The van der Waals surface area contributed by atoms with E-state index in [-0.39, 0.29) is 5.91 Å². The maximum atomic E-state index is 12.3. The van der Waals surface area contributed by atoms with E-state index in [9.17, 15) is 4.79 Å². The number of halogens is 1. The first kappa shape index (κ1) is 17.4. The monoisotopic (exact) mass is 362 g/mol. The molecule has 1 atom stereocenters. The number of fused-ring (bicyclic) bond motifs is 1. The Morgan fingerprint density at radius 1 is 1.46 bits per heavy atom. The topological polar surface area (TPSA) is 42.0 Å². The number of aryl methyl sites for hydroxylation is 1. The molecule has 2 aromatic rings. The largest absolute Gasteiger partial charge is 0.298 e. The molecule has 3 nitrogen and oxygen atoms in total. The lowest BCUT2D eigenvalue weighted by atomic mass is 9.70. The highest BCUT2D eigenvalue weighted by Crippen LogP contribution is 2.42. The van der Waals surface area contributed by atoms with Crippen molar-refractivity contribution in [2.75, 3.05) is 5.32 Å². The molecule has 1 heterocycles. The van der Waals surface area contributed by atoms with Gasteiger partial charge >= 0.3 is 0 Å². The fourth-order valence-corrected chi connectivity index (χ4v) is 4.46. The van der Waals surface area contributed by atoms with Crippen LogP contribution in [0.2, 0.25) is 5.02 Å². The van der Waals surface area contributed by atoms with Crippen LogP contribution in [-0.2, 0) is 12.8 Å². The number of aromatic nitrogens is 1. The van der Waals surface area contributed by atoms with Gasteiger partial charge in [0.1, 0.15) is 0 Å². The van der Waals surface area contributed by atoms with E-state index in [1.54, 1.807) is 35.6 Å². The molecule has 0 unspecified atom stereocenters. The molecule has 0 aliphatic heterocycles. The molecule has 1 aliphatic rings. The molecular weight excluding hydrogens is 340 g/mol. The quantitative estimate of drug-likeness (QED) is 0.770. The zero-order valence-electron chi connectivity index (χ0n) is 14.4. The van der Waals surface area contributed by atoms with E-state index in [1.165, 1.54) is 17.7 Å². The minimum Gasteiger partial charge on any atom is -0.298 e. The summed E-state index contributed by atoms with van der Waals surface area (Å²) in [6.07, 6.45) is 4.44. The van der Waals surface area contributed by atoms with Crippen molar-refractivity contribution in [3.63, 3.8) is 0 Å². The van der Waals surface area contributed by atoms with E-state index in [4.69, 9.17) is 11.6 Å². The molecule has 0 radical (unpaired) electrons. The van der Waals surface area contributed by atoms with Crippen molar-refractivity contribution in [1.82, 2.24) is 4.98 Å². The fourth-order valence-electron chi connectivity index (χ4n) is 3.18. The molecule has 0 spiro atoms. The first-order valence-corrected chi connectivity index (χ1v) is 9.64. The Labute approximate surface area is 152 Å². The van der Waals surface area contributed by atoms with Crippen molar-refractivity contribution >= 4 is 34.0 Å². The summed E-state index contributed by atoms with van der Waals surface area (Å²) in [4.78, 5) is 18.3. The molecule has 5 heteroatoms. The molecule has 1 N–H and O–H groups in total. The van der Waals surface area contributed by atoms with Gasteiger partial charge in [0, 0.05) is 15.5 Å². The minimum absolute atomic E-state index is 0.158. The number of thiazole rings is 1. The van der Waals surface area contributed by atoms with E-state index in [1.807, 2.05) is 0 Å². The summed E-state index contributed by atoms with van der Waals surface area (Å²) in [6.45, 7) is 6.97. The normalized spacial score (nSPS) is 17.4. The highest BCUT2D eigenvalue weighted by atomic mass is 35.5. The fraction of sp³-hybridized carbons (Fsp3) is 0.474. The van der Waals surface area contributed by atoms with Crippen molar-refractivity contribution in [3.05, 3.63) is 45.4 Å². The maximum Gasteiger partial charge on any atom is 0.257 e. The van der Waals surface area contributed by atoms with Crippen molar-refractivity contribution in [2.24, 2.45) is 11.3 Å². The molecule has 1 amide bonds. The van der Waals surface area contributed by atoms with Crippen LogP contribution in [0, 0.1) is 11.3 Å². The average Bonchev–Trinajstić information content (AvgIpc) is 2.96. The summed E-state index contributed by atoms with van der Waals surface area (Å²) in [6, 6.07) is 6.97. The standard InChI is InChI=1S/C19H23ClN2OS/c1-4-19(2,3)13-8-9-15-16(11-13)24-18(21-15)22-17(23)12-6-5-7-14(20)10-12/h5-7,10,13H,4,8-9,11H2,1-3H3,(H,21,22,23)/t13-/m0/s1. The van der Waals surface area contributed by atoms with Crippen LogP contribution < -0.4 is 5.32 Å². The SMILES string of the molecule is CCC(C)(C)[C@H]1CCc2nc(NC(=O)c3cccc(Cl)c3)sc2C1. The van der Waals surface area contributed by atoms with Crippen LogP contribution in [0.15, 0.2) is 24.3 Å². The van der Waals surface area contributed by atoms with E-state index in [0.29, 0.717) is 27.1 Å². The Balaban J connectivity index is 1.73. The number of carbonyl (C=O) groups excluding carboxylic acids is 1. The minimum atomic E-state index is -0.158. The van der Waals surface area contributed by atoms with Gasteiger partial charge in [0.15, 0.2) is 5.13 Å². The summed E-state index contributed by atoms with van der Waals surface area (Å²) >= 11 is 7.57. The van der Waals surface area contributed by atoms with E-state index in [2.05, 4.69) is 31.1 Å². The summed E-state index contributed by atoms with van der Waals surface area (Å²) in [7, 11) is 0. The van der Waals surface area contributed by atoms with Crippen molar-refractivity contribution in [3.8, 4) is 0 Å². The highest BCUT2D eigenvalue weighted by molar-refractivity contribution is 7.15. The van der Waals surface area contributed by atoms with Gasteiger partial charge in [0.25, 0.3) is 5.91 Å². The van der Waals surface area contributed by atoms with Crippen LogP contribution in [0.5, 0.6) is 0 Å². The second kappa shape index (κ2) is 6.85. The molecule has 24 heavy (non-hydrogen) atoms. The van der Waals surface area contributed by atoms with Crippen LogP contribution in [0.3, 0.4) is 0 Å². The third-order valence-corrected chi connectivity index (χ3v) is 6.53. The zero-order chi connectivity index (χ0) is 17.3. The molecule has 0 saturated heterocycles. The first-order valence-electron chi connectivity index (χ1n) is 8.44. The van der Waals surface area contributed by atoms with Gasteiger partial charge < -0.3 is 0 Å². The number of carbonyl (C=O) groups is 1. The van der Waals surface area contributed by atoms with Crippen molar-refractivity contribution in [1.29, 1.82) is 0 Å². The number of nitrogens with one attached hydrogen (secondary N) is 1. The number of anilines is 1. The number of hydrogen-bond acceptors (Lipinski definition) is 3. The Bertz CT molecular complexity index is 754. The lowest BCUT2D eigenvalue weighted by Gasteiger charge is -2.35. The lowest BCUT2D eigenvalue weighted by Crippen LogP contribution is -2.28. The third-order valence-electron chi connectivity index (χ3n) is 5.26. The van der Waals surface area contributed by atoms with Crippen LogP contribution in [0.1, 0.15) is 54.5 Å². The zero-order valence-corrected chi connectivity index (χ0v) is 15.9. The number of rotatable bonds is 4. The molecule has 128 valence electrons. The second-order valence-corrected chi connectivity index (χ2v) is 8.66. The molecule has 3 rings (SSSR count). The maximum absolute atomic E-state index is 12.3. The van der Waals surface area contributed by atoms with Gasteiger partial charge in [-0.2, -0.15) is 0 Å². The number of benzene rings is 1. The van der Waals surface area contributed by atoms with E-state index < -0.39 is 0 Å². The molecule has 0 bridgehead atoms. The van der Waals surface area contributed by atoms with Gasteiger partial charge in [-0.3, -0.25) is 10.1 Å². The van der Waals surface area contributed by atoms with Crippen LogP contribution >= 0.6 is 22.9 Å². The third kappa shape index (κ3) is 3.65. The number of nitrogens with zero attached hydrogens (tertiary/aromatic N) is 1. The summed E-state index contributed by atoms with van der Waals surface area (Å²) in [5.74, 6) is 0.529. The van der Waals surface area contributed by atoms with E-state index >= 15 is 0 Å². The number of hydrogen-bond donors (Lipinski definition) is 1. The molecule has 1 aliphatic carbocycles. The predicted octanol–water partition coefficient (Wildman–Crippen LogP) is 5.59. The smallest absolute Gasteiger partial charge is 0.257 e. The van der Waals surface area contributed by atoms with Crippen LogP contribution in [0.4, 0.5) is 5.13 Å². The Kier molecular flexibility index (Phi) is 4.97. The van der Waals surface area contributed by atoms with Gasteiger partial charge in [-0.05, 0) is 48.8 Å². The Morgan fingerprint density at radius 3 is 2.96 bits per heavy atom. The highest BCUT2D eigenvalue weighted by Gasteiger charge is 2.32. The average molecular weight is 363 g/mol. The predicted molar refractivity (Wildman–Crippen MR) is 101 cm³/mol. The number of amides is 1. The first-order chi connectivity index (χ1) is 11.4. The molecule has 1 aromatic heterocycles. The van der Waals surface area contributed by atoms with Gasteiger partial charge in [0.2, 0.25) is 0 Å². The molecular formula is C19H23ClN2OS. The van der Waals surface area contributed by atoms with E-state index in [0.717, 1.165) is 18.5 Å². The van der Waals surface area contributed by atoms with Crippen LogP contribution in [-0.4, -0.2) is 10.9 Å². The Morgan fingerprint density at radius 2 is 2.25 bits per heavy atom. The van der Waals surface area contributed by atoms with Gasteiger partial charge in [-0.25, -0.2) is 4.98 Å². The Hall–Kier alpha value is -1.39. The lowest BCUT2D eigenvalue weighted by molar-refractivity contribution is 0.102. The molecule has 1 aromatic carbocycles. The second-order valence-electron chi connectivity index (χ2n) is 7.14. The van der Waals surface area contributed by atoms with Crippen molar-refractivity contribution in [2.45, 2.75) is 46.5 Å². The van der Waals surface area contributed by atoms with Crippen molar-refractivity contribution < 1.29 is 4.79 Å². The van der Waals surface area contributed by atoms with Gasteiger partial charge in [0.05, 0.1) is 5.69 Å². The van der Waals surface area contributed by atoms with Gasteiger partial charge in [-0.1, -0.05) is 44.9 Å². The summed E-state index contributed by atoms with van der Waals surface area (Å²) in [5.41, 5.74) is 2.07. The summed E-state index contributed by atoms with van der Waals surface area (Å²) in [5, 5.41) is 4.18. The molecule has 0 fully saturated rings. The van der Waals surface area contributed by atoms with Crippen LogP contribution in [0.25, 0.3) is 0 Å². The summed E-state index contributed by atoms with van der Waals surface area (Å²) < 4.78 is 0. The van der Waals surface area contributed by atoms with Gasteiger partial charge in [-0.15, -0.1) is 11.3 Å². The molecule has 0 saturated carbocycles.